The summed E-state index contributed by atoms with van der Waals surface area (Å²) in [5.74, 6) is -0.347. The average Bonchev–Trinajstić information content (AvgIpc) is 2.58. The monoisotopic (exact) mass is 168 g/mol. The molecular weight excluding hydrogens is 160 g/mol. The molecule has 5 nitrogen and oxygen atoms in total. The Kier molecular flexibility index (Phi) is 1.58. The van der Waals surface area contributed by atoms with Crippen molar-refractivity contribution < 1.29 is 14.3 Å². The van der Waals surface area contributed by atoms with Gasteiger partial charge in [-0.15, -0.1) is 0 Å². The van der Waals surface area contributed by atoms with Gasteiger partial charge in [0, 0.05) is 0 Å². The molecule has 2 aliphatic heterocycles. The van der Waals surface area contributed by atoms with Crippen LogP contribution in [0.15, 0.2) is 11.3 Å². The van der Waals surface area contributed by atoms with Crippen molar-refractivity contribution in [1.82, 2.24) is 10.6 Å². The summed E-state index contributed by atoms with van der Waals surface area (Å²) in [6, 6.07) is -0.450. The third-order valence-electron chi connectivity index (χ3n) is 1.87. The number of amides is 3. The SMILES string of the molecule is O=C1NC(=O)/C(=C2/CCOC2)N1. The van der Waals surface area contributed by atoms with Gasteiger partial charge in [0.2, 0.25) is 0 Å². The van der Waals surface area contributed by atoms with Crippen LogP contribution in [0.1, 0.15) is 6.42 Å². The summed E-state index contributed by atoms with van der Waals surface area (Å²) in [5.41, 5.74) is 1.25. The Hall–Kier alpha value is -1.36. The summed E-state index contributed by atoms with van der Waals surface area (Å²) in [6.45, 7) is 1.07. The Morgan fingerprint density at radius 3 is 2.58 bits per heavy atom. The van der Waals surface area contributed by atoms with Crippen molar-refractivity contribution in [1.29, 1.82) is 0 Å². The van der Waals surface area contributed by atoms with Crippen LogP contribution < -0.4 is 10.6 Å². The third-order valence-corrected chi connectivity index (χ3v) is 1.87. The predicted molar refractivity (Wildman–Crippen MR) is 39.1 cm³/mol. The normalized spacial score (nSPS) is 29.0. The smallest absolute Gasteiger partial charge is 0.326 e. The number of ether oxygens (including phenoxy) is 1. The van der Waals surface area contributed by atoms with Crippen molar-refractivity contribution in [3.8, 4) is 0 Å². The van der Waals surface area contributed by atoms with Gasteiger partial charge < -0.3 is 10.1 Å². The van der Waals surface area contributed by atoms with Crippen LogP contribution in [0.5, 0.6) is 0 Å². The van der Waals surface area contributed by atoms with Gasteiger partial charge in [-0.05, 0) is 12.0 Å². The topological polar surface area (TPSA) is 67.4 Å². The average molecular weight is 168 g/mol. The highest BCUT2D eigenvalue weighted by atomic mass is 16.5. The maximum Gasteiger partial charge on any atom is 0.326 e. The van der Waals surface area contributed by atoms with E-state index in [4.69, 9.17) is 4.74 Å². The summed E-state index contributed by atoms with van der Waals surface area (Å²) < 4.78 is 5.06. The van der Waals surface area contributed by atoms with Crippen LogP contribution in [0.4, 0.5) is 4.79 Å². The van der Waals surface area contributed by atoms with Crippen LogP contribution in [-0.4, -0.2) is 25.2 Å². The summed E-state index contributed by atoms with van der Waals surface area (Å²) in [6.07, 6.45) is 0.725. The van der Waals surface area contributed by atoms with Crippen LogP contribution in [0, 0.1) is 0 Å². The van der Waals surface area contributed by atoms with Crippen LogP contribution >= 0.6 is 0 Å². The summed E-state index contributed by atoms with van der Waals surface area (Å²) in [5, 5.41) is 4.59. The second-order valence-corrected chi connectivity index (χ2v) is 2.69. The second-order valence-electron chi connectivity index (χ2n) is 2.69. The zero-order valence-corrected chi connectivity index (χ0v) is 6.35. The number of carbonyl (C=O) groups is 2. The van der Waals surface area contributed by atoms with Crippen LogP contribution in [0.3, 0.4) is 0 Å². The third kappa shape index (κ3) is 1.08. The van der Waals surface area contributed by atoms with Crippen molar-refractivity contribution >= 4 is 11.9 Å². The summed E-state index contributed by atoms with van der Waals surface area (Å²) in [4.78, 5) is 21.8. The fourth-order valence-electron chi connectivity index (χ4n) is 1.28. The molecule has 2 saturated heterocycles. The van der Waals surface area contributed by atoms with E-state index in [1.54, 1.807) is 0 Å². The number of carbonyl (C=O) groups excluding carboxylic acids is 2. The van der Waals surface area contributed by atoms with E-state index in [-0.39, 0.29) is 5.91 Å². The molecule has 0 unspecified atom stereocenters. The molecule has 0 atom stereocenters. The van der Waals surface area contributed by atoms with E-state index >= 15 is 0 Å². The molecule has 2 aliphatic rings. The van der Waals surface area contributed by atoms with Crippen molar-refractivity contribution in [2.24, 2.45) is 0 Å². The Labute approximate surface area is 68.8 Å². The van der Waals surface area contributed by atoms with E-state index in [0.717, 1.165) is 12.0 Å². The lowest BCUT2D eigenvalue weighted by molar-refractivity contribution is -0.115. The van der Waals surface area contributed by atoms with Gasteiger partial charge in [-0.2, -0.15) is 0 Å². The Morgan fingerprint density at radius 1 is 1.25 bits per heavy atom. The molecule has 0 aliphatic carbocycles. The van der Waals surface area contributed by atoms with Gasteiger partial charge in [0.15, 0.2) is 0 Å². The number of nitrogens with one attached hydrogen (secondary N) is 2. The molecule has 2 rings (SSSR count). The quantitative estimate of drug-likeness (QED) is 0.378. The Morgan fingerprint density at radius 2 is 2.08 bits per heavy atom. The van der Waals surface area contributed by atoms with E-state index in [2.05, 4.69) is 10.6 Å². The highest BCUT2D eigenvalue weighted by molar-refractivity contribution is 6.12. The molecule has 2 N–H and O–H groups in total. The van der Waals surface area contributed by atoms with Crippen molar-refractivity contribution in [3.63, 3.8) is 0 Å². The lowest BCUT2D eigenvalue weighted by Crippen LogP contribution is -2.22. The number of imide groups is 1. The highest BCUT2D eigenvalue weighted by Gasteiger charge is 2.27. The summed E-state index contributed by atoms with van der Waals surface area (Å²) in [7, 11) is 0. The van der Waals surface area contributed by atoms with E-state index < -0.39 is 6.03 Å². The zero-order valence-electron chi connectivity index (χ0n) is 6.35. The molecule has 0 spiro atoms. The largest absolute Gasteiger partial charge is 0.377 e. The van der Waals surface area contributed by atoms with E-state index in [0.29, 0.717) is 18.9 Å². The maximum absolute atomic E-state index is 11.1. The minimum atomic E-state index is -0.450. The first-order valence-electron chi connectivity index (χ1n) is 3.69. The minimum Gasteiger partial charge on any atom is -0.377 e. The maximum atomic E-state index is 11.1. The highest BCUT2D eigenvalue weighted by Crippen LogP contribution is 2.16. The first-order valence-corrected chi connectivity index (χ1v) is 3.69. The lowest BCUT2D eigenvalue weighted by Gasteiger charge is -1.97. The first kappa shape index (κ1) is 7.30. The second kappa shape index (κ2) is 2.60. The Bertz CT molecular complexity index is 274. The zero-order chi connectivity index (χ0) is 8.55. The first-order chi connectivity index (χ1) is 5.77. The molecule has 0 aromatic rings. The Balaban J connectivity index is 2.27. The van der Waals surface area contributed by atoms with Gasteiger partial charge in [-0.1, -0.05) is 0 Å². The molecule has 0 saturated carbocycles. The van der Waals surface area contributed by atoms with Gasteiger partial charge in [-0.3, -0.25) is 10.1 Å². The molecular formula is C7H8N2O3. The molecule has 64 valence electrons. The van der Waals surface area contributed by atoms with E-state index in [1.165, 1.54) is 0 Å². The van der Waals surface area contributed by atoms with Crippen LogP contribution in [0.25, 0.3) is 0 Å². The lowest BCUT2D eigenvalue weighted by atomic mass is 10.2. The molecule has 2 heterocycles. The predicted octanol–water partition coefficient (Wildman–Crippen LogP) is -0.500. The van der Waals surface area contributed by atoms with E-state index in [1.807, 2.05) is 0 Å². The van der Waals surface area contributed by atoms with Crippen molar-refractivity contribution in [2.75, 3.05) is 13.2 Å². The van der Waals surface area contributed by atoms with Crippen LogP contribution in [-0.2, 0) is 9.53 Å². The molecule has 0 bridgehead atoms. The molecule has 0 aromatic carbocycles. The van der Waals surface area contributed by atoms with Crippen molar-refractivity contribution in [2.45, 2.75) is 6.42 Å². The standard InChI is InChI=1S/C7H8N2O3/c10-6-5(8-7(11)9-6)4-1-2-12-3-4/h1-3H2,(H2,8,9,10,11)/b5-4+. The fourth-order valence-corrected chi connectivity index (χ4v) is 1.28. The molecule has 0 aromatic heterocycles. The number of hydrogen-bond acceptors (Lipinski definition) is 3. The molecule has 12 heavy (non-hydrogen) atoms. The molecule has 5 heteroatoms. The summed E-state index contributed by atoms with van der Waals surface area (Å²) >= 11 is 0. The number of rotatable bonds is 0. The molecule has 2 fully saturated rings. The van der Waals surface area contributed by atoms with Gasteiger partial charge in [0.05, 0.1) is 13.2 Å². The number of urea groups is 1. The van der Waals surface area contributed by atoms with Gasteiger partial charge in [0.1, 0.15) is 5.70 Å². The molecule has 0 radical (unpaired) electrons. The van der Waals surface area contributed by atoms with Crippen LogP contribution in [0.2, 0.25) is 0 Å². The van der Waals surface area contributed by atoms with Gasteiger partial charge in [-0.25, -0.2) is 4.79 Å². The van der Waals surface area contributed by atoms with Gasteiger partial charge in [0.25, 0.3) is 5.91 Å². The van der Waals surface area contributed by atoms with E-state index in [9.17, 15) is 9.59 Å². The van der Waals surface area contributed by atoms with Gasteiger partial charge >= 0.3 is 6.03 Å². The molecule has 3 amide bonds. The van der Waals surface area contributed by atoms with Crippen molar-refractivity contribution in [3.05, 3.63) is 11.3 Å². The minimum absolute atomic E-state index is 0.347. The fraction of sp³-hybridized carbons (Fsp3) is 0.429. The number of hydrogen-bond donors (Lipinski definition) is 2.